The lowest BCUT2D eigenvalue weighted by Crippen LogP contribution is -2.18. The van der Waals surface area contributed by atoms with Gasteiger partial charge in [0.05, 0.1) is 7.11 Å². The minimum absolute atomic E-state index is 0.0252. The zero-order chi connectivity index (χ0) is 15.9. The number of ketones is 1. The van der Waals surface area contributed by atoms with Gasteiger partial charge in [0.2, 0.25) is 0 Å². The summed E-state index contributed by atoms with van der Waals surface area (Å²) in [5.74, 6) is -0.388. The van der Waals surface area contributed by atoms with E-state index in [0.29, 0.717) is 34.7 Å². The first-order valence-electron chi connectivity index (χ1n) is 7.10. The molecule has 1 aliphatic carbocycles. The van der Waals surface area contributed by atoms with Gasteiger partial charge in [-0.1, -0.05) is 29.8 Å². The third-order valence-corrected chi connectivity index (χ3v) is 4.57. The van der Waals surface area contributed by atoms with E-state index in [1.807, 2.05) is 24.3 Å². The van der Waals surface area contributed by atoms with Crippen molar-refractivity contribution < 1.29 is 14.3 Å². The van der Waals surface area contributed by atoms with Gasteiger partial charge in [-0.05, 0) is 36.5 Å². The van der Waals surface area contributed by atoms with E-state index < -0.39 is 5.97 Å². The molecular weight excluding hydrogens is 302 g/mol. The minimum Gasteiger partial charge on any atom is -0.464 e. The van der Waals surface area contributed by atoms with Crippen molar-refractivity contribution in [2.75, 3.05) is 7.11 Å². The van der Waals surface area contributed by atoms with Gasteiger partial charge in [0.1, 0.15) is 5.69 Å². The van der Waals surface area contributed by atoms with E-state index in [1.165, 1.54) is 7.11 Å². The van der Waals surface area contributed by atoms with Crippen molar-refractivity contribution >= 4 is 23.4 Å². The van der Waals surface area contributed by atoms with Crippen LogP contribution >= 0.6 is 11.6 Å². The molecule has 1 atom stereocenters. The monoisotopic (exact) mass is 317 g/mol. The van der Waals surface area contributed by atoms with Gasteiger partial charge in [0.15, 0.2) is 5.78 Å². The van der Waals surface area contributed by atoms with Crippen molar-refractivity contribution in [2.45, 2.75) is 25.7 Å². The number of halogens is 1. The van der Waals surface area contributed by atoms with E-state index in [9.17, 15) is 9.59 Å². The predicted molar refractivity (Wildman–Crippen MR) is 83.7 cm³/mol. The van der Waals surface area contributed by atoms with Crippen LogP contribution in [-0.2, 0) is 11.2 Å². The SMILES string of the molecule is COC(=O)c1[nH]c2c(c1C)C(=O)CC(c1ccccc1Cl)C2. The van der Waals surface area contributed by atoms with Crippen LogP contribution in [0.5, 0.6) is 0 Å². The van der Waals surface area contributed by atoms with E-state index in [2.05, 4.69) is 4.98 Å². The second kappa shape index (κ2) is 5.61. The topological polar surface area (TPSA) is 59.2 Å². The van der Waals surface area contributed by atoms with Crippen molar-refractivity contribution in [2.24, 2.45) is 0 Å². The Labute approximate surface area is 133 Å². The molecule has 0 aliphatic heterocycles. The van der Waals surface area contributed by atoms with Gasteiger partial charge in [-0.15, -0.1) is 0 Å². The summed E-state index contributed by atoms with van der Waals surface area (Å²) in [7, 11) is 1.33. The molecule has 0 fully saturated rings. The lowest BCUT2D eigenvalue weighted by Gasteiger charge is -2.22. The van der Waals surface area contributed by atoms with Crippen LogP contribution in [0.2, 0.25) is 5.02 Å². The zero-order valence-electron chi connectivity index (χ0n) is 12.4. The fourth-order valence-corrected chi connectivity index (χ4v) is 3.46. The van der Waals surface area contributed by atoms with Crippen LogP contribution < -0.4 is 0 Å². The Balaban J connectivity index is 2.02. The van der Waals surface area contributed by atoms with Crippen molar-refractivity contribution in [1.29, 1.82) is 0 Å². The quantitative estimate of drug-likeness (QED) is 0.860. The highest BCUT2D eigenvalue weighted by Gasteiger charge is 2.32. The van der Waals surface area contributed by atoms with Crippen molar-refractivity contribution in [3.8, 4) is 0 Å². The molecule has 1 aromatic carbocycles. The normalized spacial score (nSPS) is 17.2. The van der Waals surface area contributed by atoms with Gasteiger partial charge in [0.25, 0.3) is 0 Å². The Bertz CT molecular complexity index is 763. The van der Waals surface area contributed by atoms with Gasteiger partial charge >= 0.3 is 5.97 Å². The second-order valence-corrected chi connectivity index (χ2v) is 5.93. The summed E-state index contributed by atoms with van der Waals surface area (Å²) in [4.78, 5) is 27.4. The summed E-state index contributed by atoms with van der Waals surface area (Å²) in [5, 5.41) is 0.667. The van der Waals surface area contributed by atoms with Crippen LogP contribution in [0.3, 0.4) is 0 Å². The van der Waals surface area contributed by atoms with Crippen LogP contribution in [0, 0.1) is 6.92 Å². The molecule has 114 valence electrons. The molecule has 5 heteroatoms. The minimum atomic E-state index is -0.450. The Hall–Kier alpha value is -2.07. The molecule has 1 aromatic heterocycles. The molecule has 3 rings (SSSR count). The Morgan fingerprint density at radius 1 is 1.32 bits per heavy atom. The molecule has 1 aliphatic rings. The Kier molecular flexibility index (Phi) is 3.79. The number of rotatable bonds is 2. The van der Waals surface area contributed by atoms with Gasteiger partial charge in [-0.25, -0.2) is 4.79 Å². The molecular formula is C17H16ClNO3. The molecule has 0 spiro atoms. The summed E-state index contributed by atoms with van der Waals surface area (Å²) in [6.45, 7) is 1.77. The van der Waals surface area contributed by atoms with Crippen LogP contribution in [0.15, 0.2) is 24.3 Å². The zero-order valence-corrected chi connectivity index (χ0v) is 13.2. The van der Waals surface area contributed by atoms with Crippen LogP contribution in [0.1, 0.15) is 50.0 Å². The summed E-state index contributed by atoms with van der Waals surface area (Å²) in [5.41, 5.74) is 3.42. The van der Waals surface area contributed by atoms with Gasteiger partial charge in [-0.2, -0.15) is 0 Å². The number of aromatic nitrogens is 1. The summed E-state index contributed by atoms with van der Waals surface area (Å²) >= 11 is 6.25. The number of hydrogen-bond donors (Lipinski definition) is 1. The number of methoxy groups -OCH3 is 1. The molecule has 0 bridgehead atoms. The number of Topliss-reactive ketones (excluding diaryl/α,β-unsaturated/α-hetero) is 1. The van der Waals surface area contributed by atoms with Crippen molar-refractivity contribution in [1.82, 2.24) is 4.98 Å². The van der Waals surface area contributed by atoms with Gasteiger partial charge in [-0.3, -0.25) is 4.79 Å². The average molecular weight is 318 g/mol. The number of H-pyrrole nitrogens is 1. The van der Waals surface area contributed by atoms with E-state index in [0.717, 1.165) is 11.3 Å². The maximum absolute atomic E-state index is 12.5. The largest absolute Gasteiger partial charge is 0.464 e. The summed E-state index contributed by atoms with van der Waals surface area (Å²) in [6.07, 6.45) is 1.05. The van der Waals surface area contributed by atoms with Crippen LogP contribution in [0.4, 0.5) is 0 Å². The third-order valence-electron chi connectivity index (χ3n) is 4.22. The Morgan fingerprint density at radius 3 is 2.73 bits per heavy atom. The first-order chi connectivity index (χ1) is 10.5. The fourth-order valence-electron chi connectivity index (χ4n) is 3.17. The lowest BCUT2D eigenvalue weighted by molar-refractivity contribution is 0.0593. The molecule has 0 amide bonds. The molecule has 1 unspecified atom stereocenters. The number of aromatic amines is 1. The first kappa shape index (κ1) is 14.9. The number of esters is 1. The smallest absolute Gasteiger partial charge is 0.354 e. The van der Waals surface area contributed by atoms with Crippen molar-refractivity contribution in [3.63, 3.8) is 0 Å². The van der Waals surface area contributed by atoms with E-state index in [4.69, 9.17) is 16.3 Å². The van der Waals surface area contributed by atoms with E-state index >= 15 is 0 Å². The predicted octanol–water partition coefficient (Wildman–Crippen LogP) is 3.68. The molecule has 0 saturated heterocycles. The summed E-state index contributed by atoms with van der Waals surface area (Å²) < 4.78 is 4.76. The fraction of sp³-hybridized carbons (Fsp3) is 0.294. The molecule has 2 aromatic rings. The third kappa shape index (κ3) is 2.33. The Morgan fingerprint density at radius 2 is 2.05 bits per heavy atom. The highest BCUT2D eigenvalue weighted by Crippen LogP contribution is 2.37. The highest BCUT2D eigenvalue weighted by atomic mass is 35.5. The molecule has 0 saturated carbocycles. The number of hydrogen-bond acceptors (Lipinski definition) is 3. The number of benzene rings is 1. The molecule has 0 radical (unpaired) electrons. The number of nitrogens with one attached hydrogen (secondary N) is 1. The van der Waals surface area contributed by atoms with Gasteiger partial charge < -0.3 is 9.72 Å². The average Bonchev–Trinajstić information content (AvgIpc) is 2.84. The standard InChI is InChI=1S/C17H16ClNO3/c1-9-15-13(19-16(9)17(21)22-2)7-10(8-14(15)20)11-5-3-4-6-12(11)18/h3-6,10,19H,7-8H2,1-2H3. The van der Waals surface area contributed by atoms with Crippen LogP contribution in [0.25, 0.3) is 0 Å². The number of ether oxygens (including phenoxy) is 1. The van der Waals surface area contributed by atoms with E-state index in [1.54, 1.807) is 6.92 Å². The summed E-state index contributed by atoms with van der Waals surface area (Å²) in [6, 6.07) is 7.57. The van der Waals surface area contributed by atoms with E-state index in [-0.39, 0.29) is 11.7 Å². The molecule has 4 nitrogen and oxygen atoms in total. The van der Waals surface area contributed by atoms with Crippen LogP contribution in [-0.4, -0.2) is 23.8 Å². The first-order valence-corrected chi connectivity index (χ1v) is 7.48. The molecule has 22 heavy (non-hydrogen) atoms. The highest BCUT2D eigenvalue weighted by molar-refractivity contribution is 6.31. The van der Waals surface area contributed by atoms with Crippen molar-refractivity contribution in [3.05, 3.63) is 57.4 Å². The van der Waals surface area contributed by atoms with Gasteiger partial charge in [0, 0.05) is 22.7 Å². The maximum atomic E-state index is 12.5. The number of carbonyl (C=O) groups is 2. The molecule has 1 N–H and O–H groups in total. The number of carbonyl (C=O) groups excluding carboxylic acids is 2. The number of fused-ring (bicyclic) bond motifs is 1. The molecule has 1 heterocycles. The second-order valence-electron chi connectivity index (χ2n) is 5.52. The maximum Gasteiger partial charge on any atom is 0.354 e. The lowest BCUT2D eigenvalue weighted by atomic mass is 9.81.